The molecule has 0 unspecified atom stereocenters. The number of nitrogens with one attached hydrogen (secondary N) is 2. The van der Waals surface area contributed by atoms with Crippen molar-refractivity contribution in [2.24, 2.45) is 4.99 Å². The number of nitrogens with zero attached hydrogens (tertiary/aromatic N) is 2. The van der Waals surface area contributed by atoms with Crippen LogP contribution in [-0.2, 0) is 19.4 Å². The maximum absolute atomic E-state index is 5.84. The van der Waals surface area contributed by atoms with E-state index in [4.69, 9.17) is 4.74 Å². The van der Waals surface area contributed by atoms with Gasteiger partial charge in [0.25, 0.3) is 0 Å². The summed E-state index contributed by atoms with van der Waals surface area (Å²) in [5, 5.41) is 6.68. The zero-order valence-corrected chi connectivity index (χ0v) is 19.6. The van der Waals surface area contributed by atoms with E-state index in [1.807, 2.05) is 54.7 Å². The van der Waals surface area contributed by atoms with Crippen LogP contribution in [0.1, 0.15) is 16.8 Å². The van der Waals surface area contributed by atoms with Gasteiger partial charge in [-0.15, -0.1) is 24.0 Å². The molecular formula is C24H29IN4O. The highest BCUT2D eigenvalue weighted by Crippen LogP contribution is 2.14. The van der Waals surface area contributed by atoms with Crippen molar-refractivity contribution < 1.29 is 4.74 Å². The predicted molar refractivity (Wildman–Crippen MR) is 134 cm³/mol. The molecule has 0 saturated carbocycles. The van der Waals surface area contributed by atoms with E-state index in [1.54, 1.807) is 7.05 Å². The molecule has 1 aromatic heterocycles. The molecule has 6 heteroatoms. The maximum Gasteiger partial charge on any atom is 0.190 e. The summed E-state index contributed by atoms with van der Waals surface area (Å²) in [6, 6.07) is 24.4. The first kappa shape index (κ1) is 23.7. The fourth-order valence-electron chi connectivity index (χ4n) is 2.89. The molecule has 3 aromatic rings. The molecule has 158 valence electrons. The molecule has 0 aliphatic heterocycles. The number of aromatic nitrogens is 1. The van der Waals surface area contributed by atoms with E-state index in [-0.39, 0.29) is 24.0 Å². The highest BCUT2D eigenvalue weighted by atomic mass is 127. The van der Waals surface area contributed by atoms with Crippen LogP contribution in [0.2, 0.25) is 0 Å². The minimum absolute atomic E-state index is 0. The molecule has 0 spiro atoms. The normalized spacial score (nSPS) is 10.8. The third-order valence-electron chi connectivity index (χ3n) is 4.50. The molecule has 30 heavy (non-hydrogen) atoms. The van der Waals surface area contributed by atoms with Gasteiger partial charge in [-0.1, -0.05) is 48.5 Å². The summed E-state index contributed by atoms with van der Waals surface area (Å²) in [7, 11) is 1.79. The lowest BCUT2D eigenvalue weighted by Crippen LogP contribution is -2.39. The minimum Gasteiger partial charge on any atom is -0.489 e. The Morgan fingerprint density at radius 1 is 0.833 bits per heavy atom. The van der Waals surface area contributed by atoms with Crippen LogP contribution < -0.4 is 15.4 Å². The summed E-state index contributed by atoms with van der Waals surface area (Å²) in [5.74, 6) is 1.70. The van der Waals surface area contributed by atoms with Crippen molar-refractivity contribution in [2.45, 2.75) is 19.4 Å². The van der Waals surface area contributed by atoms with Crippen molar-refractivity contribution in [3.05, 3.63) is 95.8 Å². The van der Waals surface area contributed by atoms with Gasteiger partial charge in [0, 0.05) is 38.4 Å². The Labute approximate surface area is 196 Å². The molecule has 3 rings (SSSR count). The summed E-state index contributed by atoms with van der Waals surface area (Å²) in [6.07, 6.45) is 3.60. The summed E-state index contributed by atoms with van der Waals surface area (Å²) < 4.78 is 5.84. The number of aliphatic imine (C=N–C) groups is 1. The van der Waals surface area contributed by atoms with Gasteiger partial charge in [0.15, 0.2) is 5.96 Å². The van der Waals surface area contributed by atoms with Gasteiger partial charge in [0.2, 0.25) is 0 Å². The molecule has 0 aliphatic carbocycles. The van der Waals surface area contributed by atoms with Crippen LogP contribution in [0.25, 0.3) is 0 Å². The second-order valence-corrected chi connectivity index (χ2v) is 6.67. The van der Waals surface area contributed by atoms with Gasteiger partial charge in [0.05, 0.1) is 0 Å². The molecule has 0 bridgehead atoms. The van der Waals surface area contributed by atoms with Gasteiger partial charge in [-0.2, -0.15) is 0 Å². The fourth-order valence-corrected chi connectivity index (χ4v) is 2.89. The van der Waals surface area contributed by atoms with Crippen LogP contribution in [0.15, 0.2) is 84.0 Å². The largest absolute Gasteiger partial charge is 0.489 e. The molecule has 0 radical (unpaired) electrons. The summed E-state index contributed by atoms with van der Waals surface area (Å²) in [4.78, 5) is 8.60. The summed E-state index contributed by atoms with van der Waals surface area (Å²) in [5.41, 5.74) is 3.50. The second kappa shape index (κ2) is 13.6. The van der Waals surface area contributed by atoms with E-state index in [0.717, 1.165) is 43.3 Å². The number of halogens is 1. The topological polar surface area (TPSA) is 58.5 Å². The fraction of sp³-hybridized carbons (Fsp3) is 0.250. The molecule has 1 heterocycles. The molecular weight excluding hydrogens is 487 g/mol. The van der Waals surface area contributed by atoms with Crippen LogP contribution in [0, 0.1) is 0 Å². The molecule has 2 N–H and O–H groups in total. The number of hydrogen-bond donors (Lipinski definition) is 2. The number of ether oxygens (including phenoxy) is 1. The third-order valence-corrected chi connectivity index (χ3v) is 4.50. The van der Waals surface area contributed by atoms with E-state index >= 15 is 0 Å². The van der Waals surface area contributed by atoms with Gasteiger partial charge in [0.1, 0.15) is 12.4 Å². The molecule has 0 aliphatic rings. The minimum atomic E-state index is 0. The quantitative estimate of drug-likeness (QED) is 0.254. The van der Waals surface area contributed by atoms with Gasteiger partial charge < -0.3 is 15.4 Å². The number of rotatable bonds is 9. The highest BCUT2D eigenvalue weighted by molar-refractivity contribution is 14.0. The molecule has 0 fully saturated rings. The first-order valence-electron chi connectivity index (χ1n) is 9.93. The predicted octanol–water partition coefficient (Wildman–Crippen LogP) is 4.23. The molecule has 5 nitrogen and oxygen atoms in total. The number of hydrogen-bond acceptors (Lipinski definition) is 3. The van der Waals surface area contributed by atoms with E-state index in [2.05, 4.69) is 44.9 Å². The van der Waals surface area contributed by atoms with E-state index in [9.17, 15) is 0 Å². The van der Waals surface area contributed by atoms with Gasteiger partial charge >= 0.3 is 0 Å². The Morgan fingerprint density at radius 3 is 2.20 bits per heavy atom. The second-order valence-electron chi connectivity index (χ2n) is 6.67. The number of benzene rings is 2. The zero-order chi connectivity index (χ0) is 20.2. The first-order valence-corrected chi connectivity index (χ1v) is 9.93. The average Bonchev–Trinajstić information content (AvgIpc) is 2.79. The maximum atomic E-state index is 5.84. The Kier molecular flexibility index (Phi) is 10.7. The van der Waals surface area contributed by atoms with Crippen LogP contribution in [0.5, 0.6) is 5.75 Å². The molecule has 0 atom stereocenters. The first-order chi connectivity index (χ1) is 14.3. The van der Waals surface area contributed by atoms with E-state index < -0.39 is 0 Å². The zero-order valence-electron chi connectivity index (χ0n) is 17.3. The lowest BCUT2D eigenvalue weighted by atomic mass is 10.1. The SMILES string of the molecule is CN=C(NCCc1ccc(OCc2ccccc2)cc1)NCCc1ccccn1.I. The lowest BCUT2D eigenvalue weighted by Gasteiger charge is -2.12. The highest BCUT2D eigenvalue weighted by Gasteiger charge is 2.00. The summed E-state index contributed by atoms with van der Waals surface area (Å²) in [6.45, 7) is 2.19. The Hall–Kier alpha value is -2.61. The smallest absolute Gasteiger partial charge is 0.190 e. The molecule has 0 amide bonds. The standard InChI is InChI=1S/C24H28N4O.HI/c1-25-24(28-18-15-22-9-5-6-16-26-22)27-17-14-20-10-12-23(13-11-20)29-19-21-7-3-2-4-8-21;/h2-13,16H,14-15,17-19H2,1H3,(H2,25,27,28);1H. The molecule has 2 aromatic carbocycles. The van der Waals surface area contributed by atoms with Crippen molar-refractivity contribution in [3.63, 3.8) is 0 Å². The van der Waals surface area contributed by atoms with Gasteiger partial charge in [-0.05, 0) is 41.8 Å². The summed E-state index contributed by atoms with van der Waals surface area (Å²) >= 11 is 0. The van der Waals surface area contributed by atoms with Crippen molar-refractivity contribution >= 4 is 29.9 Å². The van der Waals surface area contributed by atoms with Crippen molar-refractivity contribution in [3.8, 4) is 5.75 Å². The monoisotopic (exact) mass is 516 g/mol. The average molecular weight is 516 g/mol. The van der Waals surface area contributed by atoms with Crippen molar-refractivity contribution in [2.75, 3.05) is 20.1 Å². The molecule has 0 saturated heterocycles. The van der Waals surface area contributed by atoms with Crippen molar-refractivity contribution in [1.82, 2.24) is 15.6 Å². The Morgan fingerprint density at radius 2 is 1.53 bits per heavy atom. The third kappa shape index (κ3) is 8.41. The van der Waals surface area contributed by atoms with Crippen LogP contribution >= 0.6 is 24.0 Å². The Balaban J connectivity index is 0.00000320. The van der Waals surface area contributed by atoms with E-state index in [0.29, 0.717) is 6.61 Å². The Bertz CT molecular complexity index is 871. The van der Waals surface area contributed by atoms with E-state index in [1.165, 1.54) is 11.1 Å². The lowest BCUT2D eigenvalue weighted by molar-refractivity contribution is 0.306. The number of guanidine groups is 1. The van der Waals surface area contributed by atoms with Gasteiger partial charge in [-0.25, -0.2) is 0 Å². The van der Waals surface area contributed by atoms with Crippen LogP contribution in [-0.4, -0.2) is 31.1 Å². The van der Waals surface area contributed by atoms with Crippen molar-refractivity contribution in [1.29, 1.82) is 0 Å². The van der Waals surface area contributed by atoms with Crippen LogP contribution in [0.4, 0.5) is 0 Å². The van der Waals surface area contributed by atoms with Gasteiger partial charge in [-0.3, -0.25) is 9.98 Å². The van der Waals surface area contributed by atoms with Crippen LogP contribution in [0.3, 0.4) is 0 Å². The number of pyridine rings is 1.